The number of aromatic amines is 1. The third kappa shape index (κ3) is 2.65. The SMILES string of the molecule is COC(Cc1cc[nH]c1C(=O)C(=O)Cl)C1CCC1. The first-order chi connectivity index (χ1) is 8.63. The molecule has 1 heterocycles. The van der Waals surface area contributed by atoms with Crippen LogP contribution in [-0.4, -0.2) is 29.2 Å². The molecule has 4 nitrogen and oxygen atoms in total. The van der Waals surface area contributed by atoms with Crippen molar-refractivity contribution in [2.45, 2.75) is 31.8 Å². The highest BCUT2D eigenvalue weighted by Crippen LogP contribution is 2.32. The Bertz CT molecular complexity index is 451. The highest BCUT2D eigenvalue weighted by Gasteiger charge is 2.29. The topological polar surface area (TPSA) is 59.2 Å². The molecule has 18 heavy (non-hydrogen) atoms. The number of halogens is 1. The molecule has 1 aliphatic carbocycles. The van der Waals surface area contributed by atoms with Gasteiger partial charge >= 0.3 is 0 Å². The van der Waals surface area contributed by atoms with Crippen molar-refractivity contribution >= 4 is 22.6 Å². The van der Waals surface area contributed by atoms with Gasteiger partial charge in [0.1, 0.15) is 0 Å². The van der Waals surface area contributed by atoms with E-state index in [1.165, 1.54) is 19.3 Å². The maximum absolute atomic E-state index is 11.6. The monoisotopic (exact) mass is 269 g/mol. The zero-order chi connectivity index (χ0) is 13.1. The zero-order valence-corrected chi connectivity index (χ0v) is 11.0. The molecule has 1 atom stereocenters. The van der Waals surface area contributed by atoms with E-state index in [2.05, 4.69) is 4.98 Å². The molecule has 1 unspecified atom stereocenters. The van der Waals surface area contributed by atoms with Crippen molar-refractivity contribution in [3.8, 4) is 0 Å². The van der Waals surface area contributed by atoms with Crippen LogP contribution in [0.5, 0.6) is 0 Å². The average Bonchev–Trinajstić information content (AvgIpc) is 2.72. The molecule has 1 N–H and O–H groups in total. The fourth-order valence-corrected chi connectivity index (χ4v) is 2.45. The Labute approximate surface area is 111 Å². The molecule has 1 aromatic heterocycles. The minimum Gasteiger partial charge on any atom is -0.381 e. The highest BCUT2D eigenvalue weighted by molar-refractivity contribution is 6.83. The zero-order valence-electron chi connectivity index (χ0n) is 10.2. The van der Waals surface area contributed by atoms with Crippen LogP contribution in [0.4, 0.5) is 0 Å². The lowest BCUT2D eigenvalue weighted by atomic mass is 9.79. The van der Waals surface area contributed by atoms with Crippen molar-refractivity contribution in [2.24, 2.45) is 5.92 Å². The van der Waals surface area contributed by atoms with Gasteiger partial charge in [-0.1, -0.05) is 6.42 Å². The number of hydrogen-bond acceptors (Lipinski definition) is 3. The van der Waals surface area contributed by atoms with E-state index in [-0.39, 0.29) is 11.8 Å². The molecule has 1 aromatic rings. The summed E-state index contributed by atoms with van der Waals surface area (Å²) in [6.07, 6.45) is 5.96. The fraction of sp³-hybridized carbons (Fsp3) is 0.538. The maximum atomic E-state index is 11.6. The van der Waals surface area contributed by atoms with E-state index in [9.17, 15) is 9.59 Å². The molecule has 0 aromatic carbocycles. The summed E-state index contributed by atoms with van der Waals surface area (Å²) in [6, 6.07) is 1.80. The Morgan fingerprint density at radius 3 is 2.78 bits per heavy atom. The summed E-state index contributed by atoms with van der Waals surface area (Å²) in [7, 11) is 1.68. The van der Waals surface area contributed by atoms with Crippen LogP contribution in [0.3, 0.4) is 0 Å². The molecular formula is C13H16ClNO3. The third-order valence-electron chi connectivity index (χ3n) is 3.64. The van der Waals surface area contributed by atoms with Crippen LogP contribution in [0.25, 0.3) is 0 Å². The van der Waals surface area contributed by atoms with E-state index in [0.717, 1.165) is 5.56 Å². The van der Waals surface area contributed by atoms with Crippen LogP contribution < -0.4 is 0 Å². The predicted molar refractivity (Wildman–Crippen MR) is 67.8 cm³/mol. The smallest absolute Gasteiger partial charge is 0.294 e. The number of carbonyl (C=O) groups excluding carboxylic acids is 2. The second-order valence-electron chi connectivity index (χ2n) is 4.65. The molecular weight excluding hydrogens is 254 g/mol. The quantitative estimate of drug-likeness (QED) is 0.490. The first kappa shape index (κ1) is 13.3. The molecule has 1 saturated carbocycles. The lowest BCUT2D eigenvalue weighted by molar-refractivity contribution is -0.108. The Balaban J connectivity index is 2.11. The summed E-state index contributed by atoms with van der Waals surface area (Å²) in [5.41, 5.74) is 1.09. The van der Waals surface area contributed by atoms with E-state index >= 15 is 0 Å². The number of rotatable bonds is 6. The molecule has 0 amide bonds. The van der Waals surface area contributed by atoms with Crippen LogP contribution in [0, 0.1) is 5.92 Å². The first-order valence-corrected chi connectivity index (χ1v) is 6.44. The maximum Gasteiger partial charge on any atom is 0.294 e. The van der Waals surface area contributed by atoms with Crippen molar-refractivity contribution in [3.63, 3.8) is 0 Å². The second kappa shape index (κ2) is 5.67. The standard InChI is InChI=1S/C13H16ClNO3/c1-18-10(8-3-2-4-8)7-9-5-6-15-11(9)12(16)13(14)17/h5-6,8,10,15H,2-4,7H2,1H3. The van der Waals surface area contributed by atoms with E-state index in [1.54, 1.807) is 19.4 Å². The Hall–Kier alpha value is -1.13. The van der Waals surface area contributed by atoms with Gasteiger partial charge in [0.05, 0.1) is 11.8 Å². The number of aromatic nitrogens is 1. The number of methoxy groups -OCH3 is 1. The van der Waals surface area contributed by atoms with E-state index < -0.39 is 11.0 Å². The molecule has 2 rings (SSSR count). The molecule has 1 aliphatic rings. The van der Waals surface area contributed by atoms with Gasteiger partial charge in [-0.05, 0) is 42.0 Å². The van der Waals surface area contributed by atoms with E-state index in [4.69, 9.17) is 16.3 Å². The number of Topliss-reactive ketones (excluding diaryl/α,β-unsaturated/α-hetero) is 1. The second-order valence-corrected chi connectivity index (χ2v) is 4.99. The minimum absolute atomic E-state index is 0.103. The third-order valence-corrected chi connectivity index (χ3v) is 3.81. The fourth-order valence-electron chi connectivity index (χ4n) is 2.35. The van der Waals surface area contributed by atoms with Gasteiger partial charge < -0.3 is 9.72 Å². The van der Waals surface area contributed by atoms with Crippen LogP contribution in [0.2, 0.25) is 0 Å². The lowest BCUT2D eigenvalue weighted by Crippen LogP contribution is -2.30. The molecule has 5 heteroatoms. The van der Waals surface area contributed by atoms with Gasteiger partial charge in [-0.15, -0.1) is 0 Å². The van der Waals surface area contributed by atoms with Gasteiger partial charge in [0, 0.05) is 19.7 Å². The predicted octanol–water partition coefficient (Wildman–Crippen LogP) is 2.32. The lowest BCUT2D eigenvalue weighted by Gasteiger charge is -2.32. The highest BCUT2D eigenvalue weighted by atomic mass is 35.5. The Kier molecular flexibility index (Phi) is 4.19. The minimum atomic E-state index is -0.962. The van der Waals surface area contributed by atoms with E-state index in [1.807, 2.05) is 0 Å². The van der Waals surface area contributed by atoms with Crippen LogP contribution in [0.1, 0.15) is 35.3 Å². The summed E-state index contributed by atoms with van der Waals surface area (Å²) in [4.78, 5) is 25.3. The summed E-state index contributed by atoms with van der Waals surface area (Å²) in [5.74, 6) is -0.125. The summed E-state index contributed by atoms with van der Waals surface area (Å²) in [5, 5.41) is -0.962. The normalized spacial score (nSPS) is 17.2. The molecule has 0 bridgehead atoms. The van der Waals surface area contributed by atoms with Crippen LogP contribution >= 0.6 is 11.6 Å². The number of nitrogens with one attached hydrogen (secondary N) is 1. The molecule has 0 radical (unpaired) electrons. The van der Waals surface area contributed by atoms with Gasteiger partial charge in [0.25, 0.3) is 11.0 Å². The van der Waals surface area contributed by atoms with Gasteiger partial charge in [-0.2, -0.15) is 0 Å². The van der Waals surface area contributed by atoms with Gasteiger partial charge in [0.2, 0.25) is 0 Å². The van der Waals surface area contributed by atoms with Crippen molar-refractivity contribution in [1.29, 1.82) is 0 Å². The van der Waals surface area contributed by atoms with E-state index in [0.29, 0.717) is 12.3 Å². The van der Waals surface area contributed by atoms with Crippen molar-refractivity contribution in [1.82, 2.24) is 4.98 Å². The Morgan fingerprint density at radius 1 is 1.56 bits per heavy atom. The molecule has 98 valence electrons. The molecule has 0 spiro atoms. The van der Waals surface area contributed by atoms with Crippen molar-refractivity contribution in [3.05, 3.63) is 23.5 Å². The first-order valence-electron chi connectivity index (χ1n) is 6.06. The van der Waals surface area contributed by atoms with Gasteiger partial charge in [-0.25, -0.2) is 0 Å². The molecule has 0 saturated heterocycles. The molecule has 0 aliphatic heterocycles. The number of ketones is 1. The number of ether oxygens (including phenoxy) is 1. The van der Waals surface area contributed by atoms with Crippen LogP contribution in [-0.2, 0) is 16.0 Å². The van der Waals surface area contributed by atoms with Crippen molar-refractivity contribution in [2.75, 3.05) is 7.11 Å². The molecule has 1 fully saturated rings. The van der Waals surface area contributed by atoms with Crippen LogP contribution in [0.15, 0.2) is 12.3 Å². The summed E-state index contributed by atoms with van der Waals surface area (Å²) in [6.45, 7) is 0. The summed E-state index contributed by atoms with van der Waals surface area (Å²) >= 11 is 5.22. The summed E-state index contributed by atoms with van der Waals surface area (Å²) < 4.78 is 5.48. The van der Waals surface area contributed by atoms with Gasteiger partial charge in [-0.3, -0.25) is 9.59 Å². The van der Waals surface area contributed by atoms with Gasteiger partial charge in [0.15, 0.2) is 0 Å². The van der Waals surface area contributed by atoms with Crippen molar-refractivity contribution < 1.29 is 14.3 Å². The largest absolute Gasteiger partial charge is 0.381 e. The average molecular weight is 270 g/mol. The number of H-pyrrole nitrogens is 1. The Morgan fingerprint density at radius 2 is 2.28 bits per heavy atom. The number of carbonyl (C=O) groups is 2. The number of hydrogen-bond donors (Lipinski definition) is 1.